The molecular formula is C89H125N23O25S3. The fourth-order valence-electron chi connectivity index (χ4n) is 15.6. The Labute approximate surface area is 818 Å². The van der Waals surface area contributed by atoms with Crippen molar-refractivity contribution in [3.05, 3.63) is 108 Å². The second-order valence-electron chi connectivity index (χ2n) is 34.7. The number of carbonyl (C=O) groups excluding carboxylic acids is 20. The molecule has 5 fully saturated rings. The number of aliphatic carboxylic acids is 2. The van der Waals surface area contributed by atoms with Crippen LogP contribution in [-0.2, 0) is 125 Å². The minimum Gasteiger partial charge on any atom is -0.480 e. The number of rotatable bonds is 19. The molecule has 0 aliphatic carbocycles. The number of nitrogens with one attached hydrogen (secondary N) is 18. The zero-order chi connectivity index (χ0) is 103. The Morgan fingerprint density at radius 3 is 1.45 bits per heavy atom. The van der Waals surface area contributed by atoms with Gasteiger partial charge in [0, 0.05) is 72.3 Å². The number of benzene rings is 3. The van der Waals surface area contributed by atoms with Crippen LogP contribution in [0.2, 0.25) is 0 Å². The van der Waals surface area contributed by atoms with Gasteiger partial charge < -0.3 is 139 Å². The maximum Gasteiger partial charge on any atom is 0.335 e. The predicted octanol–water partition coefficient (Wildman–Crippen LogP) is -9.22. The van der Waals surface area contributed by atoms with Crippen LogP contribution in [0, 0.1) is 5.92 Å². The van der Waals surface area contributed by atoms with Gasteiger partial charge in [-0.2, -0.15) is 35.3 Å². The molecule has 0 spiro atoms. The van der Waals surface area contributed by atoms with Crippen LogP contribution in [0.3, 0.4) is 0 Å². The molecule has 3 aromatic rings. The molecule has 0 radical (unpaired) electrons. The number of aliphatic hydroxyl groups excluding tert-OH is 1. The number of nitrogens with two attached hydrogens (primary N) is 4. The first-order valence-electron chi connectivity index (χ1n) is 45.8. The number of hydrogen-bond acceptors (Lipinski definition) is 29. The average Bonchev–Trinajstić information content (AvgIpc) is 1.83. The van der Waals surface area contributed by atoms with E-state index >= 15 is 52.7 Å². The molecule has 5 aliphatic heterocycles. The van der Waals surface area contributed by atoms with E-state index in [4.69, 9.17) is 22.9 Å². The average molecular weight is 2010 g/mol. The maximum atomic E-state index is 16.1. The molecule has 5 saturated heterocycles. The molecule has 6 bridgehead atoms. The van der Waals surface area contributed by atoms with Crippen molar-refractivity contribution in [1.82, 2.24) is 101 Å². The Balaban J connectivity index is 1.42. The van der Waals surface area contributed by atoms with Crippen LogP contribution in [0.1, 0.15) is 115 Å². The largest absolute Gasteiger partial charge is 0.480 e. The predicted molar refractivity (Wildman–Crippen MR) is 507 cm³/mol. The summed E-state index contributed by atoms with van der Waals surface area (Å²) in [6.07, 6.45) is -6.66. The highest BCUT2D eigenvalue weighted by molar-refractivity contribution is 8.00. The molecule has 764 valence electrons. The number of fused-ring (bicyclic) bond motifs is 22. The number of primary amides is 2. The third kappa shape index (κ3) is 35.0. The van der Waals surface area contributed by atoms with Crippen LogP contribution in [0.25, 0.3) is 0 Å². The molecule has 20 amide bonds. The Morgan fingerprint density at radius 1 is 0.436 bits per heavy atom. The van der Waals surface area contributed by atoms with Crippen molar-refractivity contribution in [2.45, 2.75) is 237 Å². The van der Waals surface area contributed by atoms with Crippen molar-refractivity contribution >= 4 is 165 Å². The standard InChI is InChI=1S/C89H125N23O25S3/c1-44(2)67-85(131)107-60-42-138-41-59-80(126)106-61-43-140-46(4)69(87(133)103-56(76(122)108-67)35-49-23-12-7-13-24-49)109-77(123)55(34-48-21-10-6-11-22-48)102-83(129)62-27-18-32-112(62)66(116)39-96-73(119)54(33-47-19-8-5-9-20-47)101-79(125)58(104-81(61)127)37-94-31-17-15-26-53(88(134)135)100-86(132)68(110-78(124)57(36-64(93)114)97-65(115)38-95-84(130)70(111-82(60)128)71(117)89(136)137)45(3)139-40-50(91)72(118)98-51(25-14-16-30-90)74(120)99-52(75(121)105-59)28-29-63(92)113/h5-13,19-24,44-46,50-62,67-71,94,117H,14-18,25-43,90-91H2,1-4H3,(H2,92,113)(H2,93,114)(H,95,130)(H,96,119)(H,97,115)(H,98,118)(H,99,120)(H,100,132)(H,101,125)(H,102,129)(H,103,133)(H,104,127)(H,105,121)(H,106,126)(H,107,131)(H,108,122)(H,109,123)(H,110,124)(H,111,128)(H,134,135)(H,136,137)/t45-,46-,50-,51-,52-,53-,54-,55-,56-,57-,58-,59+,60-,61-,62-,67-,68+,69+,70-,71+/m0/s1. The van der Waals surface area contributed by atoms with Gasteiger partial charge >= 0.3 is 11.9 Å². The molecule has 5 aliphatic rings. The van der Waals surface area contributed by atoms with Gasteiger partial charge in [-0.3, -0.25) is 95.9 Å². The molecule has 0 unspecified atom stereocenters. The molecule has 5 heterocycles. The van der Waals surface area contributed by atoms with Gasteiger partial charge in [-0.1, -0.05) is 119 Å². The zero-order valence-electron chi connectivity index (χ0n) is 77.6. The van der Waals surface area contributed by atoms with Crippen LogP contribution in [0.15, 0.2) is 91.0 Å². The summed E-state index contributed by atoms with van der Waals surface area (Å²) in [6, 6.07) is -7.92. The number of thioether (sulfide) groups is 3. The number of carboxylic acids is 2. The first kappa shape index (κ1) is 112. The second-order valence-corrected chi connectivity index (χ2v) is 38.6. The number of carboxylic acid groups (broad SMARTS) is 2. The Kier molecular flexibility index (Phi) is 44.6. The summed E-state index contributed by atoms with van der Waals surface area (Å²) in [5.41, 5.74) is 25.0. The molecule has 29 N–H and O–H groups in total. The Bertz CT molecular complexity index is 4940. The van der Waals surface area contributed by atoms with E-state index in [0.717, 1.165) is 0 Å². The minimum absolute atomic E-state index is 0.0215. The Morgan fingerprint density at radius 2 is 0.893 bits per heavy atom. The van der Waals surface area contributed by atoms with Gasteiger partial charge in [0.2, 0.25) is 118 Å². The summed E-state index contributed by atoms with van der Waals surface area (Å²) in [5, 5.41) is 75.0. The lowest BCUT2D eigenvalue weighted by molar-refractivity contribution is -0.152. The number of carbonyl (C=O) groups is 22. The van der Waals surface area contributed by atoms with Gasteiger partial charge in [-0.05, 0) is 93.5 Å². The van der Waals surface area contributed by atoms with E-state index < -0.39 is 330 Å². The third-order valence-corrected chi connectivity index (χ3v) is 27.3. The second kappa shape index (κ2) is 55.6. The van der Waals surface area contributed by atoms with Gasteiger partial charge in [0.05, 0.1) is 25.6 Å². The van der Waals surface area contributed by atoms with E-state index in [1.807, 2.05) is 10.6 Å². The molecule has 0 saturated carbocycles. The van der Waals surface area contributed by atoms with Crippen LogP contribution in [0.4, 0.5) is 0 Å². The highest BCUT2D eigenvalue weighted by atomic mass is 32.2. The quantitative estimate of drug-likeness (QED) is 0.0391. The highest BCUT2D eigenvalue weighted by Crippen LogP contribution is 2.24. The normalized spacial score (nSPS) is 28.3. The van der Waals surface area contributed by atoms with Crippen LogP contribution in [0.5, 0.6) is 0 Å². The molecular weight excluding hydrogens is 1890 g/mol. The van der Waals surface area contributed by atoms with E-state index in [1.54, 1.807) is 91.0 Å². The summed E-state index contributed by atoms with van der Waals surface area (Å²) in [6.45, 7) is 2.70. The zero-order valence-corrected chi connectivity index (χ0v) is 80.0. The maximum absolute atomic E-state index is 16.1. The lowest BCUT2D eigenvalue weighted by Crippen LogP contribution is -2.64. The summed E-state index contributed by atoms with van der Waals surface area (Å²) >= 11 is 1.87. The summed E-state index contributed by atoms with van der Waals surface area (Å²) in [4.78, 5) is 326. The van der Waals surface area contributed by atoms with Crippen LogP contribution in [-0.4, -0.2) is 332 Å². The van der Waals surface area contributed by atoms with Crippen molar-refractivity contribution in [2.24, 2.45) is 28.9 Å². The van der Waals surface area contributed by atoms with E-state index in [1.165, 1.54) is 32.6 Å². The van der Waals surface area contributed by atoms with Crippen molar-refractivity contribution < 1.29 is 121 Å². The summed E-state index contributed by atoms with van der Waals surface area (Å²) in [7, 11) is 0. The minimum atomic E-state index is -2.98. The van der Waals surface area contributed by atoms with Crippen molar-refractivity contribution in [2.75, 3.05) is 62.3 Å². The van der Waals surface area contributed by atoms with Crippen LogP contribution >= 0.6 is 35.3 Å². The van der Waals surface area contributed by atoms with Gasteiger partial charge in [0.15, 0.2) is 6.10 Å². The summed E-state index contributed by atoms with van der Waals surface area (Å²) < 4.78 is 0. The number of nitrogens with zero attached hydrogens (tertiary/aromatic N) is 1. The van der Waals surface area contributed by atoms with E-state index in [9.17, 15) is 68.1 Å². The molecule has 8 rings (SSSR count). The fraction of sp³-hybridized carbons (Fsp3) is 0.551. The first-order valence-corrected chi connectivity index (χ1v) is 49.0. The van der Waals surface area contributed by atoms with E-state index in [0.29, 0.717) is 52.0 Å². The molecule has 0 aromatic heterocycles. The lowest BCUT2D eigenvalue weighted by Gasteiger charge is -2.32. The number of hydrogen-bond donors (Lipinski definition) is 25. The van der Waals surface area contributed by atoms with Crippen LogP contribution < -0.4 is 119 Å². The summed E-state index contributed by atoms with van der Waals surface area (Å²) in [5.74, 6) is -32.2. The van der Waals surface area contributed by atoms with Gasteiger partial charge in [-0.15, -0.1) is 0 Å². The monoisotopic (exact) mass is 2010 g/mol. The van der Waals surface area contributed by atoms with E-state index in [2.05, 4.69) is 85.1 Å². The molecule has 20 atom stereocenters. The highest BCUT2D eigenvalue weighted by Gasteiger charge is 2.45. The lowest BCUT2D eigenvalue weighted by atomic mass is 10.00. The van der Waals surface area contributed by atoms with E-state index in [-0.39, 0.29) is 77.4 Å². The van der Waals surface area contributed by atoms with Gasteiger partial charge in [-0.25, -0.2) is 9.59 Å². The SMILES string of the molecule is CC(C)[C@@H]1NC(=O)[C@H](Cc2ccccc2)NC(=O)[C@@H]2NC(=O)[C@H](Cc3ccccc3)NC(=O)[C@@H]3CCCN3C(=O)CNC(=O)[C@H](Cc3ccccc3)NC(=O)[C@@H]3CNCCCC[C@@H](C(=O)O)NC(=O)[C@@H]4NC(=O)[C@H](CC(N)=O)NC(=O)CNC(=O)[C@H]([C@@H](O)C(=O)O)NC(=O)[C@H](CSC[C@@H](NC(=O)[C@H](CCC(N)=O)NC(=O)[C@H](CCCCN)NC(=O)[C@@H](N)CS[C@H]4C)C(=O)N[C@@H](CS[C@H]2C)C(=O)N3)NC1=O. The van der Waals surface area contributed by atoms with Gasteiger partial charge in [0.1, 0.15) is 96.7 Å². The topological polar surface area (TPSA) is 760 Å². The smallest absolute Gasteiger partial charge is 0.335 e. The molecule has 51 heteroatoms. The molecule has 48 nitrogen and oxygen atoms in total. The third-order valence-electron chi connectivity index (χ3n) is 23.5. The Hall–Kier alpha value is -13.1. The molecule has 140 heavy (non-hydrogen) atoms. The number of amides is 20. The first-order chi connectivity index (χ1) is 66.6. The van der Waals surface area contributed by atoms with Crippen molar-refractivity contribution in [3.8, 4) is 0 Å². The van der Waals surface area contributed by atoms with Crippen molar-refractivity contribution in [3.63, 3.8) is 0 Å². The van der Waals surface area contributed by atoms with Gasteiger partial charge in [0.25, 0.3) is 0 Å². The number of aliphatic hydroxyl groups is 1. The van der Waals surface area contributed by atoms with Crippen molar-refractivity contribution in [1.29, 1.82) is 0 Å². The number of unbranched alkanes of at least 4 members (excludes halogenated alkanes) is 1. The fourth-order valence-corrected chi connectivity index (χ4v) is 18.8. The molecule has 3 aromatic carbocycles.